The van der Waals surface area contributed by atoms with E-state index in [1.54, 1.807) is 0 Å². The van der Waals surface area contributed by atoms with Gasteiger partial charge in [-0.3, -0.25) is 9.48 Å². The Kier molecular flexibility index (Phi) is 4.19. The molecule has 0 spiro atoms. The molecule has 0 aliphatic heterocycles. The van der Waals surface area contributed by atoms with E-state index < -0.39 is 0 Å². The average Bonchev–Trinajstić information content (AvgIpc) is 3.06. The summed E-state index contributed by atoms with van der Waals surface area (Å²) >= 11 is 0. The summed E-state index contributed by atoms with van der Waals surface area (Å²) in [5.41, 5.74) is 1.15. The van der Waals surface area contributed by atoms with Crippen molar-refractivity contribution in [3.63, 3.8) is 0 Å². The largest absolute Gasteiger partial charge is 0.299 e. The summed E-state index contributed by atoms with van der Waals surface area (Å²) in [5, 5.41) is 4.69. The Balaban J connectivity index is 1.63. The minimum Gasteiger partial charge on any atom is -0.299 e. The van der Waals surface area contributed by atoms with E-state index in [2.05, 4.69) is 35.9 Å². The molecule has 1 unspecified atom stereocenters. The monoisotopic (exact) mass is 288 g/mol. The molecule has 2 saturated carbocycles. The lowest BCUT2D eigenvalue weighted by Gasteiger charge is -2.25. The number of nitrogens with zero attached hydrogens (tertiary/aromatic N) is 2. The molecule has 0 saturated heterocycles. The molecule has 1 atom stereocenters. The van der Waals surface area contributed by atoms with Gasteiger partial charge in [0.2, 0.25) is 0 Å². The molecular weight excluding hydrogens is 260 g/mol. The highest BCUT2D eigenvalue weighted by atomic mass is 16.1. The number of aromatic nitrogens is 2. The van der Waals surface area contributed by atoms with Crippen LogP contribution < -0.4 is 0 Å². The van der Waals surface area contributed by atoms with Gasteiger partial charge in [-0.1, -0.05) is 39.5 Å². The first-order chi connectivity index (χ1) is 10.1. The molecule has 3 heteroatoms. The number of Topliss-reactive ketones (excluding diaryl/α,β-unsaturated/α-hetero) is 1. The van der Waals surface area contributed by atoms with E-state index >= 15 is 0 Å². The Bertz CT molecular complexity index is 497. The van der Waals surface area contributed by atoms with Crippen LogP contribution in [0.2, 0.25) is 0 Å². The smallest absolute Gasteiger partial charge is 0.142 e. The number of ketones is 1. The minimum atomic E-state index is 0.184. The van der Waals surface area contributed by atoms with E-state index in [9.17, 15) is 4.79 Å². The van der Waals surface area contributed by atoms with E-state index in [0.717, 1.165) is 12.1 Å². The van der Waals surface area contributed by atoms with Gasteiger partial charge in [0.05, 0.1) is 18.2 Å². The summed E-state index contributed by atoms with van der Waals surface area (Å²) in [6, 6.07) is 2.61. The van der Waals surface area contributed by atoms with Gasteiger partial charge in [-0.25, -0.2) is 0 Å². The Hall–Kier alpha value is -1.12. The first-order valence-electron chi connectivity index (χ1n) is 8.63. The third-order valence-corrected chi connectivity index (χ3v) is 5.61. The van der Waals surface area contributed by atoms with Crippen molar-refractivity contribution in [3.05, 3.63) is 18.0 Å². The zero-order chi connectivity index (χ0) is 14.9. The van der Waals surface area contributed by atoms with Crippen LogP contribution in [0.3, 0.4) is 0 Å². The molecule has 116 valence electrons. The predicted octanol–water partition coefficient (Wildman–Crippen LogP) is 4.33. The molecule has 0 aromatic carbocycles. The molecule has 2 aliphatic carbocycles. The van der Waals surface area contributed by atoms with Crippen molar-refractivity contribution >= 4 is 5.78 Å². The molecule has 1 aromatic heterocycles. The maximum Gasteiger partial charge on any atom is 0.142 e. The molecule has 0 radical (unpaired) electrons. The molecule has 0 amide bonds. The van der Waals surface area contributed by atoms with Gasteiger partial charge in [0.25, 0.3) is 0 Å². The quantitative estimate of drug-likeness (QED) is 0.826. The second-order valence-electron chi connectivity index (χ2n) is 7.66. The van der Waals surface area contributed by atoms with Crippen molar-refractivity contribution < 1.29 is 4.79 Å². The number of rotatable bonds is 4. The molecule has 3 rings (SSSR count). The van der Waals surface area contributed by atoms with E-state index in [1.807, 2.05) is 0 Å². The van der Waals surface area contributed by atoms with Crippen LogP contribution in [-0.2, 0) is 11.2 Å². The fraction of sp³-hybridized carbons (Fsp3) is 0.778. The number of carbonyl (C=O) groups is 1. The molecule has 21 heavy (non-hydrogen) atoms. The van der Waals surface area contributed by atoms with Crippen LogP contribution >= 0.6 is 0 Å². The van der Waals surface area contributed by atoms with E-state index in [4.69, 9.17) is 0 Å². The van der Waals surface area contributed by atoms with Crippen molar-refractivity contribution in [2.75, 3.05) is 0 Å². The first kappa shape index (κ1) is 14.8. The summed E-state index contributed by atoms with van der Waals surface area (Å²) in [4.78, 5) is 12.6. The van der Waals surface area contributed by atoms with Gasteiger partial charge < -0.3 is 0 Å². The van der Waals surface area contributed by atoms with Crippen LogP contribution in [0.1, 0.15) is 76.9 Å². The maximum atomic E-state index is 12.6. The standard InChI is InChI=1S/C18H28N2O/c1-18(2)11-6-9-16(18)17(21)13-14-10-12-20(19-14)15-7-4-3-5-8-15/h10,12,15-16H,3-9,11,13H2,1-2H3. The van der Waals surface area contributed by atoms with Crippen molar-refractivity contribution in [3.8, 4) is 0 Å². The van der Waals surface area contributed by atoms with Gasteiger partial charge in [0, 0.05) is 12.1 Å². The Morgan fingerprint density at radius 2 is 2.00 bits per heavy atom. The first-order valence-corrected chi connectivity index (χ1v) is 8.63. The highest BCUT2D eigenvalue weighted by molar-refractivity contribution is 5.83. The molecule has 3 nitrogen and oxygen atoms in total. The van der Waals surface area contributed by atoms with Crippen LogP contribution in [0, 0.1) is 11.3 Å². The molecular formula is C18H28N2O. The minimum absolute atomic E-state index is 0.184. The zero-order valence-electron chi connectivity index (χ0n) is 13.5. The summed E-state index contributed by atoms with van der Waals surface area (Å²) in [6.45, 7) is 4.48. The van der Waals surface area contributed by atoms with Crippen LogP contribution in [-0.4, -0.2) is 15.6 Å². The van der Waals surface area contributed by atoms with Crippen molar-refractivity contribution in [2.45, 2.75) is 77.7 Å². The van der Waals surface area contributed by atoms with Crippen molar-refractivity contribution in [2.24, 2.45) is 11.3 Å². The molecule has 0 N–H and O–H groups in total. The van der Waals surface area contributed by atoms with Gasteiger partial charge in [0.1, 0.15) is 5.78 Å². The van der Waals surface area contributed by atoms with Gasteiger partial charge >= 0.3 is 0 Å². The second kappa shape index (κ2) is 5.94. The third-order valence-electron chi connectivity index (χ3n) is 5.61. The molecule has 0 bridgehead atoms. The zero-order valence-corrected chi connectivity index (χ0v) is 13.5. The van der Waals surface area contributed by atoms with Crippen LogP contribution in [0.4, 0.5) is 0 Å². The number of carbonyl (C=O) groups excluding carboxylic acids is 1. The fourth-order valence-electron chi connectivity index (χ4n) is 4.25. The number of hydrogen-bond donors (Lipinski definition) is 0. The van der Waals surface area contributed by atoms with Crippen LogP contribution in [0.25, 0.3) is 0 Å². The SMILES string of the molecule is CC1(C)CCCC1C(=O)Cc1ccn(C2CCCCC2)n1. The predicted molar refractivity (Wildman–Crippen MR) is 84.2 cm³/mol. The second-order valence-corrected chi connectivity index (χ2v) is 7.66. The average molecular weight is 288 g/mol. The summed E-state index contributed by atoms with van der Waals surface area (Å²) in [5.74, 6) is 0.628. The van der Waals surface area contributed by atoms with Crippen LogP contribution in [0.15, 0.2) is 12.3 Å². The lowest BCUT2D eigenvalue weighted by molar-refractivity contribution is -0.124. The fourth-order valence-corrected chi connectivity index (χ4v) is 4.25. The third kappa shape index (κ3) is 3.22. The van der Waals surface area contributed by atoms with Crippen LogP contribution in [0.5, 0.6) is 0 Å². The van der Waals surface area contributed by atoms with Gasteiger partial charge in [0.15, 0.2) is 0 Å². The molecule has 1 aromatic rings. The van der Waals surface area contributed by atoms with Crippen molar-refractivity contribution in [1.29, 1.82) is 0 Å². The van der Waals surface area contributed by atoms with Crippen molar-refractivity contribution in [1.82, 2.24) is 9.78 Å². The van der Waals surface area contributed by atoms with Gasteiger partial charge in [-0.15, -0.1) is 0 Å². The lowest BCUT2D eigenvalue weighted by atomic mass is 9.78. The highest BCUT2D eigenvalue weighted by Crippen LogP contribution is 2.43. The van der Waals surface area contributed by atoms with E-state index in [1.165, 1.54) is 44.9 Å². The van der Waals surface area contributed by atoms with E-state index in [-0.39, 0.29) is 11.3 Å². The summed E-state index contributed by atoms with van der Waals surface area (Å²) in [6.07, 6.45) is 12.5. The lowest BCUT2D eigenvalue weighted by Crippen LogP contribution is -2.27. The Morgan fingerprint density at radius 1 is 1.24 bits per heavy atom. The highest BCUT2D eigenvalue weighted by Gasteiger charge is 2.38. The van der Waals surface area contributed by atoms with Gasteiger partial charge in [-0.2, -0.15) is 5.10 Å². The normalized spacial score (nSPS) is 26.1. The molecule has 2 aliphatic rings. The number of hydrogen-bond acceptors (Lipinski definition) is 2. The van der Waals surface area contributed by atoms with Gasteiger partial charge in [-0.05, 0) is 37.2 Å². The Morgan fingerprint density at radius 3 is 2.67 bits per heavy atom. The summed E-state index contributed by atoms with van der Waals surface area (Å²) in [7, 11) is 0. The molecule has 2 fully saturated rings. The molecule has 1 heterocycles. The Labute approximate surface area is 128 Å². The topological polar surface area (TPSA) is 34.9 Å². The maximum absolute atomic E-state index is 12.6. The summed E-state index contributed by atoms with van der Waals surface area (Å²) < 4.78 is 2.11. The van der Waals surface area contributed by atoms with E-state index in [0.29, 0.717) is 18.2 Å².